The van der Waals surface area contributed by atoms with Crippen molar-refractivity contribution in [2.75, 3.05) is 7.11 Å². The van der Waals surface area contributed by atoms with Gasteiger partial charge in [-0.1, -0.05) is 6.07 Å². The number of furan rings is 1. The fourth-order valence-corrected chi connectivity index (χ4v) is 2.81. The number of phenolic OH excluding ortho intramolecular Hbond substituents is 1. The normalized spacial score (nSPS) is 10.6. The lowest BCUT2D eigenvalue weighted by Gasteiger charge is -2.17. The molecule has 0 fully saturated rings. The second-order valence-corrected chi connectivity index (χ2v) is 5.12. The first kappa shape index (κ1) is 15.5. The van der Waals surface area contributed by atoms with Crippen LogP contribution >= 0.6 is 0 Å². The number of hydrogen-bond donors (Lipinski definition) is 1. The van der Waals surface area contributed by atoms with Crippen LogP contribution in [0.1, 0.15) is 5.56 Å². The largest absolute Gasteiger partial charge is 0.499 e. The summed E-state index contributed by atoms with van der Waals surface area (Å²) in [6, 6.07) is 5.13. The van der Waals surface area contributed by atoms with Gasteiger partial charge < -0.3 is 14.3 Å². The molecule has 2 heterocycles. The first-order valence-corrected chi connectivity index (χ1v) is 7.07. The number of ether oxygens (including phenoxy) is 1. The molecule has 24 heavy (non-hydrogen) atoms. The third kappa shape index (κ3) is 2.36. The van der Waals surface area contributed by atoms with Crippen molar-refractivity contribution in [2.45, 2.75) is 6.92 Å². The third-order valence-electron chi connectivity index (χ3n) is 3.79. The molecule has 1 N–H and O–H groups in total. The Morgan fingerprint density at radius 2 is 2.08 bits per heavy atom. The van der Waals surface area contributed by atoms with Gasteiger partial charge in [-0.3, -0.25) is 15.1 Å². The van der Waals surface area contributed by atoms with Crippen molar-refractivity contribution in [3.63, 3.8) is 0 Å². The van der Waals surface area contributed by atoms with Crippen molar-refractivity contribution >= 4 is 5.69 Å². The lowest BCUT2D eigenvalue weighted by molar-refractivity contribution is -0.385. The highest BCUT2D eigenvalue weighted by Gasteiger charge is 2.32. The predicted octanol–water partition coefficient (Wildman–Crippen LogP) is 3.94. The van der Waals surface area contributed by atoms with Crippen LogP contribution in [0.4, 0.5) is 5.69 Å². The summed E-state index contributed by atoms with van der Waals surface area (Å²) >= 11 is 0. The molecule has 0 atom stereocenters. The van der Waals surface area contributed by atoms with E-state index in [0.29, 0.717) is 22.3 Å². The molecule has 0 saturated carbocycles. The number of hydrogen-bond acceptors (Lipinski definition) is 6. The van der Waals surface area contributed by atoms with Gasteiger partial charge in [-0.05, 0) is 19.1 Å². The summed E-state index contributed by atoms with van der Waals surface area (Å²) in [6.45, 7) is 1.73. The highest BCUT2D eigenvalue weighted by atomic mass is 16.6. The Morgan fingerprint density at radius 1 is 1.29 bits per heavy atom. The number of benzene rings is 1. The molecule has 0 aliphatic rings. The monoisotopic (exact) mass is 326 g/mol. The van der Waals surface area contributed by atoms with E-state index in [4.69, 9.17) is 9.15 Å². The fourth-order valence-electron chi connectivity index (χ4n) is 2.81. The van der Waals surface area contributed by atoms with Gasteiger partial charge in [0.2, 0.25) is 5.75 Å². The van der Waals surface area contributed by atoms with Crippen LogP contribution in [0.2, 0.25) is 0 Å². The maximum absolute atomic E-state index is 11.6. The second-order valence-electron chi connectivity index (χ2n) is 5.12. The Labute approximate surface area is 137 Å². The van der Waals surface area contributed by atoms with Gasteiger partial charge in [-0.15, -0.1) is 0 Å². The Balaban J connectivity index is 2.50. The Morgan fingerprint density at radius 3 is 2.62 bits per heavy atom. The van der Waals surface area contributed by atoms with E-state index in [1.54, 1.807) is 37.5 Å². The molecule has 1 aromatic carbocycles. The summed E-state index contributed by atoms with van der Waals surface area (Å²) in [5.41, 5.74) is 2.13. The zero-order valence-electron chi connectivity index (χ0n) is 13.0. The lowest BCUT2D eigenvalue weighted by Crippen LogP contribution is -2.01. The highest BCUT2D eigenvalue weighted by Crippen LogP contribution is 2.51. The first-order valence-electron chi connectivity index (χ1n) is 7.07. The molecule has 7 nitrogen and oxygen atoms in total. The van der Waals surface area contributed by atoms with Gasteiger partial charge in [0.05, 0.1) is 30.1 Å². The Bertz CT molecular complexity index is 889. The van der Waals surface area contributed by atoms with E-state index in [1.807, 2.05) is 0 Å². The Hall–Kier alpha value is -3.35. The number of nitro groups is 1. The summed E-state index contributed by atoms with van der Waals surface area (Å²) < 4.78 is 10.3. The zero-order valence-corrected chi connectivity index (χ0v) is 13.0. The topological polar surface area (TPSA) is 98.6 Å². The van der Waals surface area contributed by atoms with Gasteiger partial charge in [0.25, 0.3) is 0 Å². The first-order chi connectivity index (χ1) is 11.6. The van der Waals surface area contributed by atoms with Crippen molar-refractivity contribution in [3.05, 3.63) is 58.8 Å². The molecule has 0 aliphatic carbocycles. The minimum atomic E-state index is -0.626. The van der Waals surface area contributed by atoms with Crippen LogP contribution in [0.25, 0.3) is 22.3 Å². The van der Waals surface area contributed by atoms with E-state index < -0.39 is 16.4 Å². The summed E-state index contributed by atoms with van der Waals surface area (Å²) in [5, 5.41) is 22.0. The SMILES string of the molecule is COc1c(C)c(-c2cccnc2)c(-c2ccoc2)c([N+](=O)[O-])c1O. The van der Waals surface area contributed by atoms with Crippen LogP contribution in [-0.2, 0) is 0 Å². The molecular formula is C17H14N2O5. The smallest absolute Gasteiger partial charge is 0.323 e. The fraction of sp³-hybridized carbons (Fsp3) is 0.118. The van der Waals surface area contributed by atoms with E-state index in [0.717, 1.165) is 0 Å². The number of pyridine rings is 1. The Kier molecular flexibility index (Phi) is 3.91. The molecule has 3 rings (SSSR count). The number of nitrogens with zero attached hydrogens (tertiary/aromatic N) is 2. The van der Waals surface area contributed by atoms with Crippen molar-refractivity contribution in [1.29, 1.82) is 0 Å². The molecule has 0 bridgehead atoms. The van der Waals surface area contributed by atoms with Crippen LogP contribution in [0.3, 0.4) is 0 Å². The van der Waals surface area contributed by atoms with Gasteiger partial charge in [-0.2, -0.15) is 0 Å². The van der Waals surface area contributed by atoms with Crippen molar-refractivity contribution in [2.24, 2.45) is 0 Å². The number of nitro benzene ring substituents is 1. The number of methoxy groups -OCH3 is 1. The maximum Gasteiger partial charge on any atom is 0.323 e. The molecule has 0 amide bonds. The average molecular weight is 326 g/mol. The summed E-state index contributed by atoms with van der Waals surface area (Å²) in [7, 11) is 1.36. The van der Waals surface area contributed by atoms with Crippen LogP contribution < -0.4 is 4.74 Å². The standard InChI is InChI=1S/C17H14N2O5/c1-10-13(11-4-3-6-18-8-11)14(12-5-7-24-9-12)15(19(21)22)16(20)17(10)23-2/h3-9,20H,1-2H3. The van der Waals surface area contributed by atoms with Crippen LogP contribution in [0, 0.1) is 17.0 Å². The van der Waals surface area contributed by atoms with E-state index in [-0.39, 0.29) is 11.3 Å². The van der Waals surface area contributed by atoms with Crippen molar-refractivity contribution in [1.82, 2.24) is 4.98 Å². The minimum Gasteiger partial charge on any atom is -0.499 e. The van der Waals surface area contributed by atoms with Gasteiger partial charge in [0.15, 0.2) is 5.75 Å². The minimum absolute atomic E-state index is 0.0628. The molecule has 0 aliphatic heterocycles. The van der Waals surface area contributed by atoms with Crippen LogP contribution in [0.15, 0.2) is 47.5 Å². The molecule has 0 unspecified atom stereocenters. The number of phenols is 1. The van der Waals surface area contributed by atoms with Crippen LogP contribution in [-0.4, -0.2) is 22.1 Å². The molecule has 122 valence electrons. The second kappa shape index (κ2) is 6.04. The summed E-state index contributed by atoms with van der Waals surface area (Å²) in [5.74, 6) is -0.448. The molecule has 0 saturated heterocycles. The summed E-state index contributed by atoms with van der Waals surface area (Å²) in [4.78, 5) is 15.1. The zero-order chi connectivity index (χ0) is 17.3. The van der Waals surface area contributed by atoms with Crippen molar-refractivity contribution < 1.29 is 19.2 Å². The number of aromatic hydroxyl groups is 1. The predicted molar refractivity (Wildman–Crippen MR) is 87.0 cm³/mol. The molecular weight excluding hydrogens is 312 g/mol. The van der Waals surface area contributed by atoms with Gasteiger partial charge in [0, 0.05) is 34.6 Å². The van der Waals surface area contributed by atoms with Crippen molar-refractivity contribution in [3.8, 4) is 33.8 Å². The van der Waals surface area contributed by atoms with Gasteiger partial charge in [0.1, 0.15) is 0 Å². The van der Waals surface area contributed by atoms with E-state index in [1.165, 1.54) is 19.6 Å². The van der Waals surface area contributed by atoms with E-state index in [9.17, 15) is 15.2 Å². The summed E-state index contributed by atoms with van der Waals surface area (Å²) in [6.07, 6.45) is 6.03. The van der Waals surface area contributed by atoms with Gasteiger partial charge in [-0.25, -0.2) is 0 Å². The van der Waals surface area contributed by atoms with E-state index in [2.05, 4.69) is 4.98 Å². The quantitative estimate of drug-likeness (QED) is 0.576. The molecule has 2 aromatic heterocycles. The number of aromatic nitrogens is 1. The molecule has 3 aromatic rings. The average Bonchev–Trinajstić information content (AvgIpc) is 3.09. The molecule has 0 spiro atoms. The lowest BCUT2D eigenvalue weighted by atomic mass is 9.90. The van der Waals surface area contributed by atoms with E-state index >= 15 is 0 Å². The van der Waals surface area contributed by atoms with Gasteiger partial charge >= 0.3 is 5.69 Å². The third-order valence-corrected chi connectivity index (χ3v) is 3.79. The van der Waals surface area contributed by atoms with Crippen LogP contribution in [0.5, 0.6) is 11.5 Å². The molecule has 7 heteroatoms. The maximum atomic E-state index is 11.6. The number of rotatable bonds is 4. The highest BCUT2D eigenvalue weighted by molar-refractivity contribution is 5.95. The molecule has 0 radical (unpaired) electrons.